The molecule has 104 valence electrons. The van der Waals surface area contributed by atoms with Crippen molar-refractivity contribution in [1.29, 1.82) is 0 Å². The molecule has 1 aliphatic carbocycles. The Morgan fingerprint density at radius 3 is 2.84 bits per heavy atom. The number of carbonyl (C=O) groups is 1. The Bertz CT molecular complexity index is 467. The first kappa shape index (κ1) is 14.2. The SMILES string of the molecule is CSC1CCCCC1Nc1ccc(F)cc1C(=O)O. The number of carboxylic acid groups (broad SMARTS) is 1. The van der Waals surface area contributed by atoms with Crippen LogP contribution in [0.25, 0.3) is 0 Å². The van der Waals surface area contributed by atoms with E-state index in [1.54, 1.807) is 11.8 Å². The molecule has 1 saturated carbocycles. The molecule has 0 aliphatic heterocycles. The highest BCUT2D eigenvalue weighted by molar-refractivity contribution is 7.99. The lowest BCUT2D eigenvalue weighted by Crippen LogP contribution is -2.34. The summed E-state index contributed by atoms with van der Waals surface area (Å²) in [5.74, 6) is -1.62. The highest BCUT2D eigenvalue weighted by Gasteiger charge is 2.25. The van der Waals surface area contributed by atoms with Crippen molar-refractivity contribution in [3.63, 3.8) is 0 Å². The molecule has 2 unspecified atom stereocenters. The molecule has 0 bridgehead atoms. The molecule has 0 aromatic heterocycles. The Morgan fingerprint density at radius 2 is 2.16 bits per heavy atom. The first-order chi connectivity index (χ1) is 9.11. The molecule has 2 rings (SSSR count). The average molecular weight is 283 g/mol. The van der Waals surface area contributed by atoms with Crippen molar-refractivity contribution in [3.05, 3.63) is 29.6 Å². The third-order valence-corrected chi connectivity index (χ3v) is 4.73. The second-order valence-electron chi connectivity index (χ2n) is 4.80. The number of halogens is 1. The van der Waals surface area contributed by atoms with Crippen molar-refractivity contribution >= 4 is 23.4 Å². The summed E-state index contributed by atoms with van der Waals surface area (Å²) < 4.78 is 13.1. The molecule has 0 spiro atoms. The summed E-state index contributed by atoms with van der Waals surface area (Å²) in [5.41, 5.74) is 0.519. The van der Waals surface area contributed by atoms with E-state index in [2.05, 4.69) is 11.6 Å². The second kappa shape index (κ2) is 6.28. The van der Waals surface area contributed by atoms with Gasteiger partial charge in [0.2, 0.25) is 0 Å². The summed E-state index contributed by atoms with van der Waals surface area (Å²) in [6.07, 6.45) is 6.62. The molecule has 3 nitrogen and oxygen atoms in total. The standard InChI is InChI=1S/C14H18FNO2S/c1-19-13-5-3-2-4-12(13)16-11-7-6-9(15)8-10(11)14(17)18/h6-8,12-13,16H,2-5H2,1H3,(H,17,18). The first-order valence-electron chi connectivity index (χ1n) is 6.44. The number of carboxylic acids is 1. The lowest BCUT2D eigenvalue weighted by molar-refractivity contribution is 0.0697. The Hall–Kier alpha value is -1.23. The maximum Gasteiger partial charge on any atom is 0.337 e. The topological polar surface area (TPSA) is 49.3 Å². The van der Waals surface area contributed by atoms with Gasteiger partial charge in [-0.05, 0) is 37.3 Å². The fourth-order valence-corrected chi connectivity index (χ4v) is 3.50. The third-order valence-electron chi connectivity index (χ3n) is 3.56. The van der Waals surface area contributed by atoms with Gasteiger partial charge in [-0.3, -0.25) is 0 Å². The van der Waals surface area contributed by atoms with E-state index in [0.29, 0.717) is 10.9 Å². The zero-order valence-corrected chi connectivity index (χ0v) is 11.7. The number of hydrogen-bond acceptors (Lipinski definition) is 3. The van der Waals surface area contributed by atoms with Crippen LogP contribution in [0.3, 0.4) is 0 Å². The number of hydrogen-bond donors (Lipinski definition) is 2. The van der Waals surface area contributed by atoms with E-state index in [0.717, 1.165) is 25.3 Å². The van der Waals surface area contributed by atoms with E-state index in [9.17, 15) is 9.18 Å². The van der Waals surface area contributed by atoms with Gasteiger partial charge in [0.05, 0.1) is 5.56 Å². The lowest BCUT2D eigenvalue weighted by Gasteiger charge is -2.32. The number of rotatable bonds is 4. The summed E-state index contributed by atoms with van der Waals surface area (Å²) in [7, 11) is 0. The number of nitrogens with one attached hydrogen (secondary N) is 1. The van der Waals surface area contributed by atoms with E-state index in [-0.39, 0.29) is 11.6 Å². The minimum atomic E-state index is -1.10. The Balaban J connectivity index is 2.20. The van der Waals surface area contributed by atoms with Gasteiger partial charge >= 0.3 is 5.97 Å². The molecule has 0 heterocycles. The number of thioether (sulfide) groups is 1. The predicted molar refractivity (Wildman–Crippen MR) is 76.5 cm³/mol. The third kappa shape index (κ3) is 3.41. The van der Waals surface area contributed by atoms with Crippen LogP contribution in [-0.2, 0) is 0 Å². The van der Waals surface area contributed by atoms with Gasteiger partial charge in [0.15, 0.2) is 0 Å². The van der Waals surface area contributed by atoms with Crippen molar-refractivity contribution in [2.24, 2.45) is 0 Å². The van der Waals surface area contributed by atoms with E-state index >= 15 is 0 Å². The molecule has 1 aliphatic rings. The summed E-state index contributed by atoms with van der Waals surface area (Å²) in [4.78, 5) is 11.2. The van der Waals surface area contributed by atoms with Crippen molar-refractivity contribution in [2.45, 2.75) is 37.0 Å². The number of anilines is 1. The van der Waals surface area contributed by atoms with Crippen LogP contribution in [0.1, 0.15) is 36.0 Å². The van der Waals surface area contributed by atoms with Gasteiger partial charge in [0, 0.05) is 17.0 Å². The average Bonchev–Trinajstić information content (AvgIpc) is 2.41. The van der Waals surface area contributed by atoms with E-state index < -0.39 is 11.8 Å². The van der Waals surface area contributed by atoms with Crippen molar-refractivity contribution in [3.8, 4) is 0 Å². The highest BCUT2D eigenvalue weighted by atomic mass is 32.2. The number of benzene rings is 1. The Kier molecular flexibility index (Phi) is 4.69. The largest absolute Gasteiger partial charge is 0.478 e. The molecule has 1 aromatic rings. The molecule has 1 fully saturated rings. The lowest BCUT2D eigenvalue weighted by atomic mass is 9.94. The van der Waals surface area contributed by atoms with Crippen LogP contribution >= 0.6 is 11.8 Å². The van der Waals surface area contributed by atoms with Crippen LogP contribution in [-0.4, -0.2) is 28.6 Å². The minimum Gasteiger partial charge on any atom is -0.478 e. The second-order valence-corrected chi connectivity index (χ2v) is 5.88. The van der Waals surface area contributed by atoms with Gasteiger partial charge in [0.1, 0.15) is 5.82 Å². The van der Waals surface area contributed by atoms with E-state index in [1.807, 2.05) is 0 Å². The molecule has 19 heavy (non-hydrogen) atoms. The molecular weight excluding hydrogens is 265 g/mol. The fraction of sp³-hybridized carbons (Fsp3) is 0.500. The maximum absolute atomic E-state index is 13.1. The van der Waals surface area contributed by atoms with Crippen LogP contribution in [0, 0.1) is 5.82 Å². The van der Waals surface area contributed by atoms with Gasteiger partial charge in [0.25, 0.3) is 0 Å². The molecule has 0 saturated heterocycles. The fourth-order valence-electron chi connectivity index (χ4n) is 2.56. The summed E-state index contributed by atoms with van der Waals surface area (Å²) >= 11 is 1.81. The summed E-state index contributed by atoms with van der Waals surface area (Å²) in [5, 5.41) is 12.9. The quantitative estimate of drug-likeness (QED) is 0.886. The molecule has 5 heteroatoms. The van der Waals surface area contributed by atoms with Crippen LogP contribution < -0.4 is 5.32 Å². The van der Waals surface area contributed by atoms with E-state index in [4.69, 9.17) is 5.11 Å². The maximum atomic E-state index is 13.1. The normalized spacial score (nSPS) is 23.1. The first-order valence-corrected chi connectivity index (χ1v) is 7.73. The Labute approximate surface area is 116 Å². The molecule has 0 amide bonds. The van der Waals surface area contributed by atoms with Gasteiger partial charge in [-0.2, -0.15) is 11.8 Å². The summed E-state index contributed by atoms with van der Waals surface area (Å²) in [6, 6.07) is 4.14. The van der Waals surface area contributed by atoms with Crippen molar-refractivity contribution in [1.82, 2.24) is 0 Å². The van der Waals surface area contributed by atoms with Gasteiger partial charge in [-0.15, -0.1) is 0 Å². The minimum absolute atomic E-state index is 0.00502. The molecular formula is C14H18FNO2S. The Morgan fingerprint density at radius 1 is 1.42 bits per heavy atom. The van der Waals surface area contributed by atoms with Crippen molar-refractivity contribution in [2.75, 3.05) is 11.6 Å². The molecule has 1 aromatic carbocycles. The van der Waals surface area contributed by atoms with Crippen LogP contribution in [0.5, 0.6) is 0 Å². The van der Waals surface area contributed by atoms with Gasteiger partial charge in [-0.1, -0.05) is 12.8 Å². The van der Waals surface area contributed by atoms with Gasteiger partial charge in [-0.25, -0.2) is 9.18 Å². The van der Waals surface area contributed by atoms with Crippen LogP contribution in [0.2, 0.25) is 0 Å². The molecule has 2 N–H and O–H groups in total. The van der Waals surface area contributed by atoms with Crippen LogP contribution in [0.4, 0.5) is 10.1 Å². The molecule has 0 radical (unpaired) electrons. The predicted octanol–water partition coefficient (Wildman–Crippen LogP) is 3.61. The smallest absolute Gasteiger partial charge is 0.337 e. The van der Waals surface area contributed by atoms with Gasteiger partial charge < -0.3 is 10.4 Å². The van der Waals surface area contributed by atoms with E-state index in [1.165, 1.54) is 18.6 Å². The number of aromatic carboxylic acids is 1. The van der Waals surface area contributed by atoms with Crippen molar-refractivity contribution < 1.29 is 14.3 Å². The highest BCUT2D eigenvalue weighted by Crippen LogP contribution is 2.30. The monoisotopic (exact) mass is 283 g/mol. The molecule has 2 atom stereocenters. The summed E-state index contributed by atoms with van der Waals surface area (Å²) in [6.45, 7) is 0. The zero-order valence-electron chi connectivity index (χ0n) is 10.9. The zero-order chi connectivity index (χ0) is 13.8. The van der Waals surface area contributed by atoms with Crippen LogP contribution in [0.15, 0.2) is 18.2 Å².